The van der Waals surface area contributed by atoms with Crippen LogP contribution in [0.1, 0.15) is 266 Å². The number of carbonyl (C=O) groups excluding carboxylic acids is 3. The first-order valence-electron chi connectivity index (χ1n) is 24.3. The van der Waals surface area contributed by atoms with E-state index in [1.54, 1.807) is 0 Å². The van der Waals surface area contributed by atoms with Gasteiger partial charge in [0, 0.05) is 19.3 Å². The molecule has 0 rings (SSSR count). The van der Waals surface area contributed by atoms with E-state index in [0.717, 1.165) is 69.6 Å². The molecule has 2 atom stereocenters. The third-order valence-corrected chi connectivity index (χ3v) is 11.3. The number of hydrogen-bond acceptors (Lipinski definition) is 6. The predicted octanol–water partition coefficient (Wildman–Crippen LogP) is 15.4. The van der Waals surface area contributed by atoms with Crippen molar-refractivity contribution in [1.82, 2.24) is 0 Å². The van der Waals surface area contributed by atoms with E-state index in [-0.39, 0.29) is 31.1 Å². The highest BCUT2D eigenvalue weighted by molar-refractivity contribution is 5.71. The van der Waals surface area contributed by atoms with Crippen LogP contribution in [-0.4, -0.2) is 37.2 Å². The van der Waals surface area contributed by atoms with E-state index in [2.05, 4.69) is 34.6 Å². The van der Waals surface area contributed by atoms with Crippen LogP contribution in [0.25, 0.3) is 0 Å². The van der Waals surface area contributed by atoms with Gasteiger partial charge < -0.3 is 14.2 Å². The Morgan fingerprint density at radius 2 is 0.691 bits per heavy atom. The van der Waals surface area contributed by atoms with Crippen LogP contribution in [-0.2, 0) is 28.6 Å². The first kappa shape index (κ1) is 53.4. The topological polar surface area (TPSA) is 78.9 Å². The minimum absolute atomic E-state index is 0.0647. The molecule has 0 N–H and O–H groups in total. The molecule has 0 spiro atoms. The minimum atomic E-state index is -0.760. The quantitative estimate of drug-likeness (QED) is 0.0348. The fourth-order valence-corrected chi connectivity index (χ4v) is 7.25. The van der Waals surface area contributed by atoms with E-state index in [4.69, 9.17) is 14.2 Å². The zero-order valence-corrected chi connectivity index (χ0v) is 37.6. The Hall–Kier alpha value is -1.59. The van der Waals surface area contributed by atoms with E-state index < -0.39 is 6.10 Å². The summed E-state index contributed by atoms with van der Waals surface area (Å²) in [4.78, 5) is 37.7. The summed E-state index contributed by atoms with van der Waals surface area (Å²) >= 11 is 0. The van der Waals surface area contributed by atoms with E-state index >= 15 is 0 Å². The highest BCUT2D eigenvalue weighted by Gasteiger charge is 2.19. The summed E-state index contributed by atoms with van der Waals surface area (Å²) in [6, 6.07) is 0. The lowest BCUT2D eigenvalue weighted by atomic mass is 9.99. The number of unbranched alkanes of at least 4 members (excludes halogenated alkanes) is 27. The Kier molecular flexibility index (Phi) is 40.8. The second-order valence-electron chi connectivity index (χ2n) is 17.5. The lowest BCUT2D eigenvalue weighted by Crippen LogP contribution is -2.30. The van der Waals surface area contributed by atoms with Crippen molar-refractivity contribution in [2.45, 2.75) is 272 Å². The third-order valence-electron chi connectivity index (χ3n) is 11.3. The molecular weight excluding hydrogens is 685 g/mol. The fraction of sp³-hybridized carbons (Fsp3) is 0.939. The van der Waals surface area contributed by atoms with Gasteiger partial charge in [-0.1, -0.05) is 227 Å². The highest BCUT2D eigenvalue weighted by atomic mass is 16.6. The van der Waals surface area contributed by atoms with Crippen molar-refractivity contribution in [3.8, 4) is 0 Å². The summed E-state index contributed by atoms with van der Waals surface area (Å²) in [6.07, 6.45) is 40.9. The van der Waals surface area contributed by atoms with Crippen LogP contribution < -0.4 is 0 Å². The van der Waals surface area contributed by atoms with E-state index in [1.807, 2.05) is 0 Å². The van der Waals surface area contributed by atoms with Crippen LogP contribution in [0.15, 0.2) is 0 Å². The van der Waals surface area contributed by atoms with Gasteiger partial charge >= 0.3 is 17.9 Å². The first-order valence-corrected chi connectivity index (χ1v) is 24.3. The number of rotatable bonds is 43. The molecule has 0 saturated carbocycles. The van der Waals surface area contributed by atoms with Crippen molar-refractivity contribution in [2.75, 3.05) is 13.2 Å². The molecule has 326 valence electrons. The largest absolute Gasteiger partial charge is 0.462 e. The summed E-state index contributed by atoms with van der Waals surface area (Å²) in [5, 5.41) is 0. The number of hydrogen-bond donors (Lipinski definition) is 0. The van der Waals surface area contributed by atoms with Crippen molar-refractivity contribution >= 4 is 17.9 Å². The molecule has 0 saturated heterocycles. The van der Waals surface area contributed by atoms with Gasteiger partial charge in [-0.2, -0.15) is 0 Å². The van der Waals surface area contributed by atoms with E-state index in [9.17, 15) is 14.4 Å². The fourth-order valence-electron chi connectivity index (χ4n) is 7.25. The van der Waals surface area contributed by atoms with Gasteiger partial charge in [-0.25, -0.2) is 0 Å². The maximum absolute atomic E-state index is 12.7. The maximum Gasteiger partial charge on any atom is 0.306 e. The maximum atomic E-state index is 12.7. The molecule has 0 aliphatic carbocycles. The van der Waals surface area contributed by atoms with Crippen LogP contribution in [0.3, 0.4) is 0 Å². The lowest BCUT2D eigenvalue weighted by Gasteiger charge is -2.18. The second kappa shape index (κ2) is 42.0. The van der Waals surface area contributed by atoms with Gasteiger partial charge in [0.25, 0.3) is 0 Å². The highest BCUT2D eigenvalue weighted by Crippen LogP contribution is 2.17. The molecule has 0 radical (unpaired) electrons. The molecule has 0 aliphatic rings. The summed E-state index contributed by atoms with van der Waals surface area (Å²) in [5.74, 6) is 0.849. The summed E-state index contributed by atoms with van der Waals surface area (Å²) in [6.45, 7) is 11.3. The second-order valence-corrected chi connectivity index (χ2v) is 17.5. The molecule has 0 aromatic carbocycles. The standard InChI is InChI=1S/C49H94O6/c1-6-8-9-10-22-29-34-39-47(50)53-42-46(43-54-48(51)40-35-30-25-20-17-16-19-24-28-33-38-45(5)7-2)55-49(52)41-36-31-26-21-15-13-11-12-14-18-23-27-32-37-44(3)4/h44-46H,6-43H2,1-5H3/t45?,46-/m0/s1. The molecule has 0 bridgehead atoms. The van der Waals surface area contributed by atoms with Crippen LogP contribution in [0, 0.1) is 11.8 Å². The van der Waals surface area contributed by atoms with Gasteiger partial charge in [0.2, 0.25) is 0 Å². The smallest absolute Gasteiger partial charge is 0.306 e. The number of carbonyl (C=O) groups is 3. The monoisotopic (exact) mass is 779 g/mol. The Morgan fingerprint density at radius 3 is 1.04 bits per heavy atom. The van der Waals surface area contributed by atoms with E-state index in [0.29, 0.717) is 19.3 Å². The Bertz CT molecular complexity index is 841. The Morgan fingerprint density at radius 1 is 0.382 bits per heavy atom. The molecule has 6 nitrogen and oxygen atoms in total. The zero-order valence-electron chi connectivity index (χ0n) is 37.6. The molecule has 1 unspecified atom stereocenters. The summed E-state index contributed by atoms with van der Waals surface area (Å²) < 4.78 is 16.7. The summed E-state index contributed by atoms with van der Waals surface area (Å²) in [5.41, 5.74) is 0. The van der Waals surface area contributed by atoms with Gasteiger partial charge in [0.15, 0.2) is 6.10 Å². The number of ether oxygens (including phenoxy) is 3. The molecular formula is C49H94O6. The minimum Gasteiger partial charge on any atom is -0.462 e. The van der Waals surface area contributed by atoms with Crippen LogP contribution in [0.2, 0.25) is 0 Å². The predicted molar refractivity (Wildman–Crippen MR) is 233 cm³/mol. The molecule has 0 fully saturated rings. The van der Waals surface area contributed by atoms with Gasteiger partial charge in [-0.15, -0.1) is 0 Å². The van der Waals surface area contributed by atoms with Gasteiger partial charge in [-0.05, 0) is 31.1 Å². The van der Waals surface area contributed by atoms with Crippen LogP contribution in [0.4, 0.5) is 0 Å². The third kappa shape index (κ3) is 41.9. The molecule has 0 aliphatic heterocycles. The van der Waals surface area contributed by atoms with E-state index in [1.165, 1.54) is 154 Å². The van der Waals surface area contributed by atoms with Crippen LogP contribution >= 0.6 is 0 Å². The molecule has 0 aromatic heterocycles. The molecule has 0 amide bonds. The molecule has 55 heavy (non-hydrogen) atoms. The molecule has 0 aromatic rings. The van der Waals surface area contributed by atoms with Gasteiger partial charge in [0.05, 0.1) is 0 Å². The van der Waals surface area contributed by atoms with Gasteiger partial charge in [-0.3, -0.25) is 14.4 Å². The van der Waals surface area contributed by atoms with Crippen molar-refractivity contribution in [3.63, 3.8) is 0 Å². The first-order chi connectivity index (χ1) is 26.8. The Labute approximate surface area is 342 Å². The van der Waals surface area contributed by atoms with Crippen molar-refractivity contribution < 1.29 is 28.6 Å². The normalized spacial score (nSPS) is 12.5. The van der Waals surface area contributed by atoms with Crippen molar-refractivity contribution in [3.05, 3.63) is 0 Å². The van der Waals surface area contributed by atoms with Gasteiger partial charge in [0.1, 0.15) is 13.2 Å². The van der Waals surface area contributed by atoms with Crippen LogP contribution in [0.5, 0.6) is 0 Å². The van der Waals surface area contributed by atoms with Crippen molar-refractivity contribution in [2.24, 2.45) is 11.8 Å². The average Bonchev–Trinajstić information content (AvgIpc) is 3.17. The molecule has 0 heterocycles. The van der Waals surface area contributed by atoms with Crippen molar-refractivity contribution in [1.29, 1.82) is 0 Å². The average molecular weight is 779 g/mol. The zero-order chi connectivity index (χ0) is 40.5. The Balaban J connectivity index is 4.25. The number of esters is 3. The molecule has 6 heteroatoms. The SMILES string of the molecule is CCCCCCCCCC(=O)OC[C@@H](COC(=O)CCCCCCCCCCCCC(C)CC)OC(=O)CCCCCCCCCCCCCCCC(C)C. The summed E-state index contributed by atoms with van der Waals surface area (Å²) in [7, 11) is 0. The lowest BCUT2D eigenvalue weighted by molar-refractivity contribution is -0.167.